The maximum absolute atomic E-state index is 13.6. The van der Waals surface area contributed by atoms with Gasteiger partial charge >= 0.3 is 0 Å². The van der Waals surface area contributed by atoms with E-state index >= 15 is 0 Å². The Balaban J connectivity index is 1.43. The molecule has 1 aliphatic heterocycles. The zero-order chi connectivity index (χ0) is 25.9. The number of pyridine rings is 1. The van der Waals surface area contributed by atoms with Crippen molar-refractivity contribution in [2.45, 2.75) is 57.2 Å². The van der Waals surface area contributed by atoms with E-state index in [4.69, 9.17) is 0 Å². The Morgan fingerprint density at radius 3 is 2.70 bits per heavy atom. The first kappa shape index (κ1) is 23.7. The maximum Gasteiger partial charge on any atom is 0.278 e. The van der Waals surface area contributed by atoms with Crippen molar-refractivity contribution in [2.24, 2.45) is 0 Å². The van der Waals surface area contributed by atoms with Gasteiger partial charge in [-0.25, -0.2) is 28.1 Å². The van der Waals surface area contributed by atoms with Gasteiger partial charge in [0.25, 0.3) is 11.5 Å². The lowest BCUT2D eigenvalue weighted by molar-refractivity contribution is -0.212. The fraction of sp³-hybridized carbons (Fsp3) is 0.385. The molecule has 3 aromatic heterocycles. The van der Waals surface area contributed by atoms with Crippen molar-refractivity contribution in [3.8, 4) is 5.82 Å². The molecule has 4 aromatic rings. The molecule has 0 saturated heterocycles. The van der Waals surface area contributed by atoms with E-state index in [0.717, 1.165) is 25.2 Å². The van der Waals surface area contributed by atoms with Gasteiger partial charge in [0, 0.05) is 37.3 Å². The van der Waals surface area contributed by atoms with E-state index in [9.17, 15) is 18.7 Å². The van der Waals surface area contributed by atoms with Gasteiger partial charge in [-0.15, -0.1) is 0 Å². The molecule has 2 aliphatic rings. The highest BCUT2D eigenvalue weighted by atomic mass is 19.3. The van der Waals surface area contributed by atoms with E-state index in [-0.39, 0.29) is 17.3 Å². The summed E-state index contributed by atoms with van der Waals surface area (Å²) in [7, 11) is 0. The van der Waals surface area contributed by atoms with E-state index in [1.165, 1.54) is 28.1 Å². The predicted octanol–water partition coefficient (Wildman–Crippen LogP) is 3.56. The topological polar surface area (TPSA) is 110 Å². The summed E-state index contributed by atoms with van der Waals surface area (Å²) in [5.74, 6) is -2.32. The minimum absolute atomic E-state index is 0.135. The lowest BCUT2D eigenvalue weighted by Gasteiger charge is -2.42. The van der Waals surface area contributed by atoms with Crippen molar-refractivity contribution in [3.63, 3.8) is 0 Å². The standard InChI is InChI=1S/C26H27F2N7O2/c1-15(2)34-23(36)19-12-30-24(31-18-7-6-16-8-9-29-11-17(16)10-18)33-22(19)35(34)21-5-3-4-20(32-21)25(37)13-26(27,28)14-25/h3-7,10,12,15,29,37H,8-9,11,13-14H2,1-2H3,(H,30,31,33). The number of benzene rings is 1. The highest BCUT2D eigenvalue weighted by molar-refractivity contribution is 5.77. The van der Waals surface area contributed by atoms with Crippen molar-refractivity contribution in [2.75, 3.05) is 11.9 Å². The number of aromatic nitrogens is 5. The zero-order valence-corrected chi connectivity index (χ0v) is 20.5. The second kappa shape index (κ2) is 8.42. The van der Waals surface area contributed by atoms with Gasteiger partial charge in [0.1, 0.15) is 11.0 Å². The van der Waals surface area contributed by atoms with Crippen LogP contribution in [-0.4, -0.2) is 41.9 Å². The molecule has 1 fully saturated rings. The van der Waals surface area contributed by atoms with Crippen molar-refractivity contribution in [1.29, 1.82) is 0 Å². The summed E-state index contributed by atoms with van der Waals surface area (Å²) in [6, 6.07) is 10.7. The summed E-state index contributed by atoms with van der Waals surface area (Å²) in [6.07, 6.45) is 1.08. The van der Waals surface area contributed by atoms with Crippen LogP contribution in [0.2, 0.25) is 0 Å². The van der Waals surface area contributed by atoms with Crippen LogP contribution in [0.4, 0.5) is 20.4 Å². The molecule has 1 aliphatic carbocycles. The summed E-state index contributed by atoms with van der Waals surface area (Å²) in [4.78, 5) is 26.8. The van der Waals surface area contributed by atoms with Crippen LogP contribution < -0.4 is 16.2 Å². The zero-order valence-electron chi connectivity index (χ0n) is 20.5. The molecule has 192 valence electrons. The maximum atomic E-state index is 13.6. The molecule has 3 N–H and O–H groups in total. The number of halogens is 2. The van der Waals surface area contributed by atoms with Crippen LogP contribution in [0.25, 0.3) is 16.9 Å². The Morgan fingerprint density at radius 1 is 1.14 bits per heavy atom. The first-order valence-corrected chi connectivity index (χ1v) is 12.3. The van der Waals surface area contributed by atoms with Gasteiger partial charge in [0.15, 0.2) is 11.5 Å². The fourth-order valence-electron chi connectivity index (χ4n) is 5.22. The second-order valence-corrected chi connectivity index (χ2v) is 10.1. The van der Waals surface area contributed by atoms with Gasteiger partial charge in [0.2, 0.25) is 5.95 Å². The molecule has 9 nitrogen and oxygen atoms in total. The van der Waals surface area contributed by atoms with Crippen LogP contribution >= 0.6 is 0 Å². The van der Waals surface area contributed by atoms with Crippen LogP contribution in [0.3, 0.4) is 0 Å². The van der Waals surface area contributed by atoms with Crippen LogP contribution in [0.5, 0.6) is 0 Å². The highest BCUT2D eigenvalue weighted by Gasteiger charge is 2.57. The van der Waals surface area contributed by atoms with Gasteiger partial charge in [0.05, 0.1) is 5.69 Å². The molecular weight excluding hydrogens is 480 g/mol. The third-order valence-corrected chi connectivity index (χ3v) is 6.99. The molecule has 0 spiro atoms. The lowest BCUT2D eigenvalue weighted by Crippen LogP contribution is -2.49. The highest BCUT2D eigenvalue weighted by Crippen LogP contribution is 2.51. The second-order valence-electron chi connectivity index (χ2n) is 10.1. The van der Waals surface area contributed by atoms with Crippen LogP contribution in [0.15, 0.2) is 47.4 Å². The number of fused-ring (bicyclic) bond motifs is 2. The number of hydrogen-bond acceptors (Lipinski definition) is 7. The van der Waals surface area contributed by atoms with Gasteiger partial charge in [-0.3, -0.25) is 4.79 Å². The van der Waals surface area contributed by atoms with Crippen molar-refractivity contribution < 1.29 is 13.9 Å². The molecule has 37 heavy (non-hydrogen) atoms. The lowest BCUT2D eigenvalue weighted by atomic mass is 9.74. The van der Waals surface area contributed by atoms with Crippen LogP contribution in [0, 0.1) is 0 Å². The predicted molar refractivity (Wildman–Crippen MR) is 135 cm³/mol. The number of aliphatic hydroxyl groups is 1. The van der Waals surface area contributed by atoms with E-state index in [1.54, 1.807) is 16.8 Å². The number of alkyl halides is 2. The number of anilines is 2. The molecule has 0 unspecified atom stereocenters. The molecule has 0 radical (unpaired) electrons. The summed E-state index contributed by atoms with van der Waals surface area (Å²) in [6.45, 7) is 5.46. The molecule has 11 heteroatoms. The molecule has 1 saturated carbocycles. The van der Waals surface area contributed by atoms with E-state index < -0.39 is 24.4 Å². The molecule has 1 aromatic carbocycles. The molecular formula is C26H27F2N7O2. The Kier molecular flexibility index (Phi) is 5.39. The molecule has 6 rings (SSSR count). The smallest absolute Gasteiger partial charge is 0.278 e. The van der Waals surface area contributed by atoms with Crippen molar-refractivity contribution >= 4 is 22.7 Å². The molecule has 0 atom stereocenters. The Hall–Kier alpha value is -3.70. The van der Waals surface area contributed by atoms with Crippen LogP contribution in [0.1, 0.15) is 49.6 Å². The minimum atomic E-state index is -2.92. The van der Waals surface area contributed by atoms with E-state index in [2.05, 4.69) is 37.7 Å². The average Bonchev–Trinajstić information content (AvgIpc) is 3.14. The molecule has 4 heterocycles. The van der Waals surface area contributed by atoms with Crippen molar-refractivity contribution in [3.05, 3.63) is 69.8 Å². The molecule has 0 bridgehead atoms. The molecule has 0 amide bonds. The largest absolute Gasteiger partial charge is 0.383 e. The Morgan fingerprint density at radius 2 is 1.95 bits per heavy atom. The monoisotopic (exact) mass is 507 g/mol. The van der Waals surface area contributed by atoms with Crippen molar-refractivity contribution in [1.82, 2.24) is 29.6 Å². The summed E-state index contributed by atoms with van der Waals surface area (Å²) < 4.78 is 30.2. The summed E-state index contributed by atoms with van der Waals surface area (Å²) >= 11 is 0. The summed E-state index contributed by atoms with van der Waals surface area (Å²) in [5, 5.41) is 17.6. The van der Waals surface area contributed by atoms with E-state index in [0.29, 0.717) is 22.8 Å². The quantitative estimate of drug-likeness (QED) is 0.379. The Bertz CT molecular complexity index is 1570. The number of hydrogen-bond donors (Lipinski definition) is 3. The normalized spacial score (nSPS) is 18.0. The fourth-order valence-corrected chi connectivity index (χ4v) is 5.22. The third-order valence-electron chi connectivity index (χ3n) is 6.99. The first-order valence-electron chi connectivity index (χ1n) is 12.3. The van der Waals surface area contributed by atoms with Gasteiger partial charge in [-0.1, -0.05) is 12.1 Å². The van der Waals surface area contributed by atoms with E-state index in [1.807, 2.05) is 19.9 Å². The Labute approximate surface area is 211 Å². The van der Waals surface area contributed by atoms with Gasteiger partial charge in [-0.2, -0.15) is 4.98 Å². The SMILES string of the molecule is CC(C)n1c(=O)c2cnc(Nc3ccc4c(c3)CNCC4)nc2n1-c1cccc(C2(O)CC(F)(F)C2)n1. The number of rotatable bonds is 5. The van der Waals surface area contributed by atoms with Crippen LogP contribution in [-0.2, 0) is 18.6 Å². The van der Waals surface area contributed by atoms with Gasteiger partial charge < -0.3 is 15.7 Å². The van der Waals surface area contributed by atoms with Gasteiger partial charge in [-0.05, 0) is 62.2 Å². The minimum Gasteiger partial charge on any atom is -0.383 e. The first-order chi connectivity index (χ1) is 17.6. The average molecular weight is 508 g/mol. The number of nitrogens with zero attached hydrogens (tertiary/aromatic N) is 5. The number of nitrogens with one attached hydrogen (secondary N) is 2. The summed E-state index contributed by atoms with van der Waals surface area (Å²) in [5.41, 5.74) is 1.79. The third kappa shape index (κ3) is 4.08.